The molecule has 0 spiro atoms. The van der Waals surface area contributed by atoms with Gasteiger partial charge in [0.1, 0.15) is 5.82 Å². The highest BCUT2D eigenvalue weighted by atomic mass is 32.2. The van der Waals surface area contributed by atoms with Crippen molar-refractivity contribution >= 4 is 23.5 Å². The van der Waals surface area contributed by atoms with Crippen molar-refractivity contribution in [3.05, 3.63) is 23.9 Å². The number of hydrogen-bond acceptors (Lipinski definition) is 5. The maximum Gasteiger partial charge on any atom is 0.339 e. The van der Waals surface area contributed by atoms with Gasteiger partial charge in [0.15, 0.2) is 0 Å². The summed E-state index contributed by atoms with van der Waals surface area (Å²) in [7, 11) is 0. The van der Waals surface area contributed by atoms with Crippen LogP contribution >= 0.6 is 11.8 Å². The molecule has 0 fully saturated rings. The van der Waals surface area contributed by atoms with Gasteiger partial charge in [-0.15, -0.1) is 0 Å². The van der Waals surface area contributed by atoms with Crippen LogP contribution in [0, 0.1) is 0 Å². The molecule has 0 radical (unpaired) electrons. The Balaban J connectivity index is 2.58. The number of aromatic nitrogens is 1. The fourth-order valence-electron chi connectivity index (χ4n) is 1.36. The second kappa shape index (κ2) is 7.17. The van der Waals surface area contributed by atoms with Gasteiger partial charge >= 0.3 is 5.97 Å². The Labute approximate surface area is 106 Å². The minimum Gasteiger partial charge on any atom is -0.462 e. The van der Waals surface area contributed by atoms with Crippen molar-refractivity contribution in [1.29, 1.82) is 0 Å². The number of esters is 1. The van der Waals surface area contributed by atoms with Gasteiger partial charge in [0.05, 0.1) is 12.2 Å². The predicted octanol–water partition coefficient (Wildman–Crippen LogP) is 2.42. The number of ether oxygens (including phenoxy) is 1. The van der Waals surface area contributed by atoms with Crippen LogP contribution in [0.5, 0.6) is 0 Å². The number of nitrogens with zero attached hydrogens (tertiary/aromatic N) is 1. The maximum atomic E-state index is 11.4. The van der Waals surface area contributed by atoms with E-state index in [1.807, 2.05) is 0 Å². The van der Waals surface area contributed by atoms with E-state index in [2.05, 4.69) is 23.5 Å². The monoisotopic (exact) mass is 254 g/mol. The molecule has 17 heavy (non-hydrogen) atoms. The van der Waals surface area contributed by atoms with Crippen molar-refractivity contribution in [2.45, 2.75) is 19.9 Å². The summed E-state index contributed by atoms with van der Waals surface area (Å²) in [4.78, 5) is 15.6. The molecule has 0 saturated heterocycles. The summed E-state index contributed by atoms with van der Waals surface area (Å²) in [5.74, 6) is 1.46. The van der Waals surface area contributed by atoms with Crippen LogP contribution in [0.3, 0.4) is 0 Å². The smallest absolute Gasteiger partial charge is 0.339 e. The summed E-state index contributed by atoms with van der Waals surface area (Å²) >= 11 is 1.78. The molecule has 0 amide bonds. The Morgan fingerprint density at radius 3 is 2.88 bits per heavy atom. The Hall–Kier alpha value is -1.23. The Bertz CT molecular complexity index is 354. The lowest BCUT2D eigenvalue weighted by molar-refractivity contribution is 0.0526. The number of carbonyl (C=O) groups excluding carboxylic acids is 1. The van der Waals surface area contributed by atoms with Crippen molar-refractivity contribution < 1.29 is 9.53 Å². The summed E-state index contributed by atoms with van der Waals surface area (Å²) < 4.78 is 4.88. The van der Waals surface area contributed by atoms with Gasteiger partial charge in [-0.2, -0.15) is 11.8 Å². The maximum absolute atomic E-state index is 11.4. The second-order valence-corrected chi connectivity index (χ2v) is 4.56. The zero-order valence-corrected chi connectivity index (χ0v) is 11.2. The molecular weight excluding hydrogens is 236 g/mol. The van der Waals surface area contributed by atoms with E-state index in [4.69, 9.17) is 4.74 Å². The van der Waals surface area contributed by atoms with E-state index >= 15 is 0 Å². The first-order chi connectivity index (χ1) is 8.17. The molecular formula is C12H18N2O2S. The third-order valence-corrected chi connectivity index (χ3v) is 2.92. The van der Waals surface area contributed by atoms with E-state index < -0.39 is 0 Å². The van der Waals surface area contributed by atoms with Crippen molar-refractivity contribution in [3.63, 3.8) is 0 Å². The van der Waals surface area contributed by atoms with Gasteiger partial charge in [-0.1, -0.05) is 0 Å². The SMILES string of the molecule is CCOC(=O)c1ccc(NC(C)CSC)nc1. The summed E-state index contributed by atoms with van der Waals surface area (Å²) in [6.45, 7) is 4.26. The molecule has 0 aromatic carbocycles. The average molecular weight is 254 g/mol. The van der Waals surface area contributed by atoms with E-state index in [0.717, 1.165) is 11.6 Å². The fourth-order valence-corrected chi connectivity index (χ4v) is 1.94. The van der Waals surface area contributed by atoms with Crippen LogP contribution in [0.1, 0.15) is 24.2 Å². The molecule has 1 aromatic rings. The normalized spacial score (nSPS) is 11.9. The molecule has 1 N–H and O–H groups in total. The van der Waals surface area contributed by atoms with Crippen molar-refractivity contribution in [3.8, 4) is 0 Å². The van der Waals surface area contributed by atoms with Gasteiger partial charge < -0.3 is 10.1 Å². The van der Waals surface area contributed by atoms with Gasteiger partial charge in [0.2, 0.25) is 0 Å². The second-order valence-electron chi connectivity index (χ2n) is 3.65. The Kier molecular flexibility index (Phi) is 5.83. The van der Waals surface area contributed by atoms with E-state index in [1.165, 1.54) is 6.20 Å². The number of carbonyl (C=O) groups is 1. The minimum absolute atomic E-state index is 0.330. The number of thioether (sulfide) groups is 1. The summed E-state index contributed by atoms with van der Waals surface area (Å²) in [5, 5.41) is 3.26. The first kappa shape index (κ1) is 13.8. The Morgan fingerprint density at radius 2 is 2.35 bits per heavy atom. The van der Waals surface area contributed by atoms with E-state index in [-0.39, 0.29) is 5.97 Å². The molecule has 0 saturated carbocycles. The van der Waals surface area contributed by atoms with Crippen LogP contribution in [-0.2, 0) is 4.74 Å². The molecule has 94 valence electrons. The topological polar surface area (TPSA) is 51.2 Å². The van der Waals surface area contributed by atoms with Crippen LogP contribution in [0.25, 0.3) is 0 Å². The third kappa shape index (κ3) is 4.65. The molecule has 1 heterocycles. The summed E-state index contributed by atoms with van der Waals surface area (Å²) in [6.07, 6.45) is 3.60. The van der Waals surface area contributed by atoms with Gasteiger partial charge in [0.25, 0.3) is 0 Å². The minimum atomic E-state index is -0.330. The number of hydrogen-bond donors (Lipinski definition) is 1. The lowest BCUT2D eigenvalue weighted by atomic mass is 10.3. The van der Waals surface area contributed by atoms with Crippen molar-refractivity contribution in [2.24, 2.45) is 0 Å². The van der Waals surface area contributed by atoms with Gasteiger partial charge in [-0.3, -0.25) is 0 Å². The van der Waals surface area contributed by atoms with Crippen LogP contribution in [0.4, 0.5) is 5.82 Å². The molecule has 5 heteroatoms. The standard InChI is InChI=1S/C12H18N2O2S/c1-4-16-12(15)10-5-6-11(13-7-10)14-9(2)8-17-3/h5-7,9H,4,8H2,1-3H3,(H,13,14). The van der Waals surface area contributed by atoms with Crippen LogP contribution in [-0.4, -0.2) is 35.6 Å². The van der Waals surface area contributed by atoms with Crippen molar-refractivity contribution in [2.75, 3.05) is 23.9 Å². The lowest BCUT2D eigenvalue weighted by Crippen LogP contribution is -2.18. The number of anilines is 1. The largest absolute Gasteiger partial charge is 0.462 e. The molecule has 0 aliphatic heterocycles. The van der Waals surface area contributed by atoms with E-state index in [1.54, 1.807) is 30.8 Å². The zero-order valence-electron chi connectivity index (χ0n) is 10.4. The van der Waals surface area contributed by atoms with E-state index in [0.29, 0.717) is 18.2 Å². The van der Waals surface area contributed by atoms with Crippen LogP contribution in [0.15, 0.2) is 18.3 Å². The quantitative estimate of drug-likeness (QED) is 0.790. The molecule has 1 unspecified atom stereocenters. The van der Waals surface area contributed by atoms with Gasteiger partial charge in [-0.25, -0.2) is 9.78 Å². The van der Waals surface area contributed by atoms with Crippen molar-refractivity contribution in [1.82, 2.24) is 4.98 Å². The molecule has 0 aliphatic rings. The molecule has 0 bridgehead atoms. The zero-order chi connectivity index (χ0) is 12.7. The molecule has 1 atom stereocenters. The molecule has 0 aliphatic carbocycles. The third-order valence-electron chi connectivity index (χ3n) is 2.09. The molecule has 4 nitrogen and oxygen atoms in total. The first-order valence-electron chi connectivity index (χ1n) is 5.56. The highest BCUT2D eigenvalue weighted by Crippen LogP contribution is 2.09. The summed E-state index contributed by atoms with van der Waals surface area (Å²) in [5.41, 5.74) is 0.481. The lowest BCUT2D eigenvalue weighted by Gasteiger charge is -2.12. The first-order valence-corrected chi connectivity index (χ1v) is 6.95. The molecule has 1 aromatic heterocycles. The number of nitrogens with one attached hydrogen (secondary N) is 1. The average Bonchev–Trinajstić information content (AvgIpc) is 2.30. The van der Waals surface area contributed by atoms with E-state index in [9.17, 15) is 4.79 Å². The van der Waals surface area contributed by atoms with Crippen LogP contribution in [0.2, 0.25) is 0 Å². The highest BCUT2D eigenvalue weighted by molar-refractivity contribution is 7.98. The molecule has 1 rings (SSSR count). The van der Waals surface area contributed by atoms with Crippen LogP contribution < -0.4 is 5.32 Å². The Morgan fingerprint density at radius 1 is 1.59 bits per heavy atom. The highest BCUT2D eigenvalue weighted by Gasteiger charge is 2.07. The van der Waals surface area contributed by atoms with Gasteiger partial charge in [0, 0.05) is 18.0 Å². The number of pyridine rings is 1. The fraction of sp³-hybridized carbons (Fsp3) is 0.500. The number of rotatable bonds is 6. The predicted molar refractivity (Wildman–Crippen MR) is 71.7 cm³/mol. The van der Waals surface area contributed by atoms with Gasteiger partial charge in [-0.05, 0) is 32.2 Å². The summed E-state index contributed by atoms with van der Waals surface area (Å²) in [6, 6.07) is 3.87.